The Bertz CT molecular complexity index is 479. The lowest BCUT2D eigenvalue weighted by Crippen LogP contribution is -2.33. The summed E-state index contributed by atoms with van der Waals surface area (Å²) in [6.07, 6.45) is 2.16. The van der Waals surface area contributed by atoms with Gasteiger partial charge in [-0.25, -0.2) is 4.79 Å². The monoisotopic (exact) mass is 277 g/mol. The van der Waals surface area contributed by atoms with E-state index in [1.807, 2.05) is 0 Å². The molecule has 1 aromatic rings. The number of carbonyl (C=O) groups is 2. The van der Waals surface area contributed by atoms with Gasteiger partial charge in [-0.1, -0.05) is 0 Å². The Morgan fingerprint density at radius 2 is 1.90 bits per heavy atom. The summed E-state index contributed by atoms with van der Waals surface area (Å²) in [7, 11) is 1.80. The largest absolute Gasteiger partial charge is 0.484 e. The minimum atomic E-state index is -0.358. The second kappa shape index (κ2) is 6.41. The van der Waals surface area contributed by atoms with Crippen LogP contribution in [0.5, 0.6) is 5.75 Å². The van der Waals surface area contributed by atoms with Gasteiger partial charge in [-0.05, 0) is 44.0 Å². The zero-order chi connectivity index (χ0) is 14.5. The van der Waals surface area contributed by atoms with Crippen LogP contribution in [-0.4, -0.2) is 43.1 Å². The zero-order valence-electron chi connectivity index (χ0n) is 11.8. The molecule has 0 N–H and O–H groups in total. The molecule has 0 saturated heterocycles. The van der Waals surface area contributed by atoms with Gasteiger partial charge in [-0.3, -0.25) is 4.79 Å². The first-order chi connectivity index (χ1) is 9.61. The van der Waals surface area contributed by atoms with E-state index in [2.05, 4.69) is 0 Å². The van der Waals surface area contributed by atoms with Crippen molar-refractivity contribution in [2.45, 2.75) is 25.8 Å². The summed E-state index contributed by atoms with van der Waals surface area (Å²) >= 11 is 0. The smallest absolute Gasteiger partial charge is 0.338 e. The van der Waals surface area contributed by atoms with Crippen molar-refractivity contribution in [1.82, 2.24) is 4.90 Å². The van der Waals surface area contributed by atoms with E-state index in [4.69, 9.17) is 9.47 Å². The average Bonchev–Trinajstić information content (AvgIpc) is 3.29. The van der Waals surface area contributed by atoms with E-state index >= 15 is 0 Å². The average molecular weight is 277 g/mol. The number of likely N-dealkylation sites (N-methyl/N-ethyl adjacent to an activating group) is 1. The van der Waals surface area contributed by atoms with Crippen molar-refractivity contribution >= 4 is 11.9 Å². The van der Waals surface area contributed by atoms with Crippen LogP contribution in [-0.2, 0) is 9.53 Å². The zero-order valence-corrected chi connectivity index (χ0v) is 11.8. The number of nitrogens with zero attached hydrogens (tertiary/aromatic N) is 1. The molecule has 5 nitrogen and oxygen atoms in total. The van der Waals surface area contributed by atoms with E-state index in [1.54, 1.807) is 43.1 Å². The van der Waals surface area contributed by atoms with Crippen LogP contribution >= 0.6 is 0 Å². The highest BCUT2D eigenvalue weighted by Gasteiger charge is 2.29. The summed E-state index contributed by atoms with van der Waals surface area (Å²) in [5.41, 5.74) is 0.473. The highest BCUT2D eigenvalue weighted by Crippen LogP contribution is 2.25. The maximum atomic E-state index is 11.8. The standard InChI is InChI=1S/C15H19NO4/c1-3-19-15(18)11-4-8-13(9-5-11)20-10-14(17)16(2)12-6-7-12/h4-5,8-9,12H,3,6-7,10H2,1-2H3. The van der Waals surface area contributed by atoms with Crippen molar-refractivity contribution in [3.63, 3.8) is 0 Å². The quantitative estimate of drug-likeness (QED) is 0.745. The summed E-state index contributed by atoms with van der Waals surface area (Å²) in [5.74, 6) is 0.182. The molecular formula is C15H19NO4. The number of hydrogen-bond donors (Lipinski definition) is 0. The summed E-state index contributed by atoms with van der Waals surface area (Å²) < 4.78 is 10.3. The predicted octanol–water partition coefficient (Wildman–Crippen LogP) is 1.86. The van der Waals surface area contributed by atoms with Gasteiger partial charge in [0.1, 0.15) is 5.75 Å². The maximum Gasteiger partial charge on any atom is 0.338 e. The molecule has 0 spiro atoms. The number of carbonyl (C=O) groups excluding carboxylic acids is 2. The number of amides is 1. The Morgan fingerprint density at radius 3 is 2.45 bits per heavy atom. The third-order valence-corrected chi connectivity index (χ3v) is 3.22. The van der Waals surface area contributed by atoms with Crippen LogP contribution in [0.25, 0.3) is 0 Å². The predicted molar refractivity (Wildman–Crippen MR) is 73.7 cm³/mol. The fraction of sp³-hybridized carbons (Fsp3) is 0.467. The molecule has 0 aliphatic heterocycles. The van der Waals surface area contributed by atoms with Gasteiger partial charge in [0.25, 0.3) is 5.91 Å². The van der Waals surface area contributed by atoms with Gasteiger partial charge in [0.2, 0.25) is 0 Å². The lowest BCUT2D eigenvalue weighted by molar-refractivity contribution is -0.132. The van der Waals surface area contributed by atoms with Gasteiger partial charge >= 0.3 is 5.97 Å². The summed E-state index contributed by atoms with van der Waals surface area (Å²) in [4.78, 5) is 25.0. The van der Waals surface area contributed by atoms with E-state index in [9.17, 15) is 9.59 Å². The molecule has 0 heterocycles. The van der Waals surface area contributed by atoms with Crippen LogP contribution < -0.4 is 4.74 Å². The molecule has 1 aliphatic carbocycles. The Hall–Kier alpha value is -2.04. The molecule has 1 saturated carbocycles. The van der Waals surface area contributed by atoms with Crippen molar-refractivity contribution in [2.24, 2.45) is 0 Å². The summed E-state index contributed by atoms with van der Waals surface area (Å²) in [6.45, 7) is 2.13. The van der Waals surface area contributed by atoms with Gasteiger partial charge in [0, 0.05) is 13.1 Å². The molecule has 0 aromatic heterocycles. The third-order valence-electron chi connectivity index (χ3n) is 3.22. The molecule has 0 unspecified atom stereocenters. The van der Waals surface area contributed by atoms with Crippen LogP contribution in [0.2, 0.25) is 0 Å². The van der Waals surface area contributed by atoms with Crippen LogP contribution in [0.3, 0.4) is 0 Å². The minimum absolute atomic E-state index is 0.0196. The van der Waals surface area contributed by atoms with Crippen molar-refractivity contribution in [3.8, 4) is 5.75 Å². The summed E-state index contributed by atoms with van der Waals surface area (Å²) in [6, 6.07) is 6.97. The molecule has 0 atom stereocenters. The molecule has 2 rings (SSSR count). The van der Waals surface area contributed by atoms with Crippen LogP contribution in [0, 0.1) is 0 Å². The second-order valence-electron chi connectivity index (χ2n) is 4.77. The second-order valence-corrected chi connectivity index (χ2v) is 4.77. The number of hydrogen-bond acceptors (Lipinski definition) is 4. The molecule has 108 valence electrons. The van der Waals surface area contributed by atoms with E-state index < -0.39 is 0 Å². The molecule has 5 heteroatoms. The van der Waals surface area contributed by atoms with E-state index in [-0.39, 0.29) is 18.5 Å². The van der Waals surface area contributed by atoms with Crippen molar-refractivity contribution in [1.29, 1.82) is 0 Å². The molecule has 0 bridgehead atoms. The SMILES string of the molecule is CCOC(=O)c1ccc(OCC(=O)N(C)C2CC2)cc1. The summed E-state index contributed by atoms with van der Waals surface area (Å²) in [5, 5.41) is 0. The Kier molecular flexibility index (Phi) is 4.61. The Labute approximate surface area is 118 Å². The van der Waals surface area contributed by atoms with E-state index in [0.717, 1.165) is 12.8 Å². The first kappa shape index (κ1) is 14.4. The number of benzene rings is 1. The van der Waals surface area contributed by atoms with Crippen molar-refractivity contribution in [3.05, 3.63) is 29.8 Å². The van der Waals surface area contributed by atoms with Crippen molar-refractivity contribution in [2.75, 3.05) is 20.3 Å². The fourth-order valence-corrected chi connectivity index (χ4v) is 1.81. The molecule has 1 amide bonds. The Balaban J connectivity index is 1.84. The van der Waals surface area contributed by atoms with Gasteiger partial charge in [0.15, 0.2) is 6.61 Å². The number of rotatable bonds is 6. The normalized spacial score (nSPS) is 13.7. The van der Waals surface area contributed by atoms with Crippen LogP contribution in [0.15, 0.2) is 24.3 Å². The van der Waals surface area contributed by atoms with E-state index in [1.165, 1.54) is 0 Å². The van der Waals surface area contributed by atoms with Gasteiger partial charge in [-0.15, -0.1) is 0 Å². The molecule has 1 aliphatic rings. The van der Waals surface area contributed by atoms with Crippen LogP contribution in [0.4, 0.5) is 0 Å². The highest BCUT2D eigenvalue weighted by molar-refractivity contribution is 5.89. The minimum Gasteiger partial charge on any atom is -0.484 e. The fourth-order valence-electron chi connectivity index (χ4n) is 1.81. The van der Waals surface area contributed by atoms with Crippen LogP contribution in [0.1, 0.15) is 30.1 Å². The molecular weight excluding hydrogens is 258 g/mol. The number of ether oxygens (including phenoxy) is 2. The lowest BCUT2D eigenvalue weighted by atomic mass is 10.2. The van der Waals surface area contributed by atoms with Gasteiger partial charge < -0.3 is 14.4 Å². The maximum absolute atomic E-state index is 11.8. The van der Waals surface area contributed by atoms with Gasteiger partial charge in [0.05, 0.1) is 12.2 Å². The lowest BCUT2D eigenvalue weighted by Gasteiger charge is -2.16. The molecule has 1 fully saturated rings. The molecule has 20 heavy (non-hydrogen) atoms. The first-order valence-corrected chi connectivity index (χ1v) is 6.77. The first-order valence-electron chi connectivity index (χ1n) is 6.77. The topological polar surface area (TPSA) is 55.8 Å². The Morgan fingerprint density at radius 1 is 1.25 bits per heavy atom. The van der Waals surface area contributed by atoms with Gasteiger partial charge in [-0.2, -0.15) is 0 Å². The highest BCUT2D eigenvalue weighted by atomic mass is 16.5. The number of esters is 1. The van der Waals surface area contributed by atoms with Crippen molar-refractivity contribution < 1.29 is 19.1 Å². The molecule has 1 aromatic carbocycles. The third kappa shape index (κ3) is 3.73. The van der Waals surface area contributed by atoms with E-state index in [0.29, 0.717) is 24.0 Å². The molecule has 0 radical (unpaired) electrons.